The summed E-state index contributed by atoms with van der Waals surface area (Å²) in [6.07, 6.45) is 0.222. The van der Waals surface area contributed by atoms with E-state index in [-0.39, 0.29) is 11.6 Å². The zero-order chi connectivity index (χ0) is 17.8. The van der Waals surface area contributed by atoms with Gasteiger partial charge in [0.1, 0.15) is 0 Å². The van der Waals surface area contributed by atoms with Gasteiger partial charge in [-0.05, 0) is 23.6 Å². The summed E-state index contributed by atoms with van der Waals surface area (Å²) in [5.74, 6) is 0. The second-order valence-electron chi connectivity index (χ2n) is 6.94. The minimum Gasteiger partial charge on any atom is -0.376 e. The summed E-state index contributed by atoms with van der Waals surface area (Å²) in [6, 6.07) is 32.6. The van der Waals surface area contributed by atoms with Crippen LogP contribution in [0.1, 0.15) is 23.6 Å². The Hall–Kier alpha value is -2.42. The number of hydrogen-bond donors (Lipinski definition) is 0. The molecule has 4 rings (SSSR count). The van der Waals surface area contributed by atoms with E-state index >= 15 is 0 Å². The van der Waals surface area contributed by atoms with Gasteiger partial charge in [-0.1, -0.05) is 91.0 Å². The second-order valence-corrected chi connectivity index (χ2v) is 6.94. The average Bonchev–Trinajstić information content (AvgIpc) is 2.71. The van der Waals surface area contributed by atoms with Crippen molar-refractivity contribution in [1.29, 1.82) is 0 Å². The van der Waals surface area contributed by atoms with Crippen LogP contribution in [0.5, 0.6) is 0 Å². The maximum atomic E-state index is 5.87. The van der Waals surface area contributed by atoms with Crippen LogP contribution in [0.2, 0.25) is 0 Å². The Kier molecular flexibility index (Phi) is 4.87. The van der Waals surface area contributed by atoms with Crippen molar-refractivity contribution in [3.63, 3.8) is 0 Å². The molecule has 1 saturated heterocycles. The van der Waals surface area contributed by atoms with Gasteiger partial charge in [0.2, 0.25) is 0 Å². The minimum absolute atomic E-state index is 0.222. The second kappa shape index (κ2) is 7.45. The molecular formula is C24H25NO. The predicted molar refractivity (Wildman–Crippen MR) is 106 cm³/mol. The first-order valence-corrected chi connectivity index (χ1v) is 9.35. The van der Waals surface area contributed by atoms with E-state index in [1.807, 2.05) is 0 Å². The first-order valence-electron chi connectivity index (χ1n) is 9.35. The van der Waals surface area contributed by atoms with Crippen LogP contribution < -0.4 is 0 Å². The number of rotatable bonds is 4. The van der Waals surface area contributed by atoms with E-state index in [4.69, 9.17) is 4.74 Å². The van der Waals surface area contributed by atoms with Crippen molar-refractivity contribution < 1.29 is 4.74 Å². The normalized spacial score (nSPS) is 18.6. The van der Waals surface area contributed by atoms with Crippen LogP contribution in [-0.2, 0) is 10.3 Å². The highest BCUT2D eigenvalue weighted by Crippen LogP contribution is 2.43. The van der Waals surface area contributed by atoms with Crippen LogP contribution >= 0.6 is 0 Å². The first-order chi connectivity index (χ1) is 12.8. The standard InChI is InChI=1S/C24H25NO/c1-20-19-25(17-18-26-20)24(21-11-5-2-6-12-21,22-13-7-3-8-14-22)23-15-9-4-10-16-23/h2-16,20H,17-19H2,1H3. The quantitative estimate of drug-likeness (QED) is 0.637. The van der Waals surface area contributed by atoms with Crippen LogP contribution in [-0.4, -0.2) is 30.7 Å². The molecule has 0 aromatic heterocycles. The van der Waals surface area contributed by atoms with Crippen molar-refractivity contribution >= 4 is 0 Å². The van der Waals surface area contributed by atoms with Gasteiger partial charge in [-0.3, -0.25) is 4.90 Å². The molecule has 2 heteroatoms. The molecule has 1 fully saturated rings. The van der Waals surface area contributed by atoms with Gasteiger partial charge >= 0.3 is 0 Å². The molecule has 1 heterocycles. The Bertz CT molecular complexity index is 720. The average molecular weight is 343 g/mol. The third-order valence-electron chi connectivity index (χ3n) is 5.29. The summed E-state index contributed by atoms with van der Waals surface area (Å²) in [5, 5.41) is 0. The van der Waals surface area contributed by atoms with E-state index in [1.54, 1.807) is 0 Å². The van der Waals surface area contributed by atoms with Gasteiger partial charge in [0.25, 0.3) is 0 Å². The molecule has 1 aliphatic heterocycles. The topological polar surface area (TPSA) is 12.5 Å². The van der Waals surface area contributed by atoms with Crippen molar-refractivity contribution in [1.82, 2.24) is 4.90 Å². The van der Waals surface area contributed by atoms with Crippen LogP contribution in [0.15, 0.2) is 91.0 Å². The van der Waals surface area contributed by atoms with E-state index < -0.39 is 0 Å². The minimum atomic E-state index is -0.318. The molecule has 132 valence electrons. The van der Waals surface area contributed by atoms with E-state index in [0.717, 1.165) is 19.7 Å². The SMILES string of the molecule is CC1CN(C(c2ccccc2)(c2ccccc2)c2ccccc2)CCO1. The fraction of sp³-hybridized carbons (Fsp3) is 0.250. The molecule has 1 atom stereocenters. The van der Waals surface area contributed by atoms with Gasteiger partial charge in [0.15, 0.2) is 0 Å². The molecule has 0 bridgehead atoms. The molecule has 3 aromatic rings. The molecule has 0 N–H and O–H groups in total. The largest absolute Gasteiger partial charge is 0.376 e. The fourth-order valence-electron chi connectivity index (χ4n) is 4.21. The van der Waals surface area contributed by atoms with Gasteiger partial charge in [0.05, 0.1) is 18.2 Å². The van der Waals surface area contributed by atoms with Crippen molar-refractivity contribution in [2.45, 2.75) is 18.6 Å². The Morgan fingerprint density at radius 2 is 1.15 bits per heavy atom. The molecule has 26 heavy (non-hydrogen) atoms. The van der Waals surface area contributed by atoms with Gasteiger partial charge in [-0.2, -0.15) is 0 Å². The summed E-state index contributed by atoms with van der Waals surface area (Å²) in [4.78, 5) is 2.58. The first kappa shape index (κ1) is 17.0. The molecule has 0 aliphatic carbocycles. The van der Waals surface area contributed by atoms with Crippen LogP contribution in [0.25, 0.3) is 0 Å². The van der Waals surface area contributed by atoms with Crippen molar-refractivity contribution in [3.8, 4) is 0 Å². The zero-order valence-electron chi connectivity index (χ0n) is 15.2. The van der Waals surface area contributed by atoms with Crippen LogP contribution in [0, 0.1) is 0 Å². The lowest BCUT2D eigenvalue weighted by molar-refractivity contribution is -0.0451. The smallest absolute Gasteiger partial charge is 0.0974 e. The van der Waals surface area contributed by atoms with E-state index in [2.05, 4.69) is 103 Å². The molecule has 0 saturated carbocycles. The highest BCUT2D eigenvalue weighted by atomic mass is 16.5. The highest BCUT2D eigenvalue weighted by Gasteiger charge is 2.43. The zero-order valence-corrected chi connectivity index (χ0v) is 15.2. The van der Waals surface area contributed by atoms with Crippen molar-refractivity contribution in [3.05, 3.63) is 108 Å². The van der Waals surface area contributed by atoms with E-state index in [1.165, 1.54) is 16.7 Å². The summed E-state index contributed by atoms with van der Waals surface area (Å²) in [6.45, 7) is 4.73. The number of benzene rings is 3. The molecular weight excluding hydrogens is 318 g/mol. The summed E-state index contributed by atoms with van der Waals surface area (Å²) in [5.41, 5.74) is 3.58. The molecule has 0 spiro atoms. The highest BCUT2D eigenvalue weighted by molar-refractivity contribution is 5.49. The molecule has 1 aliphatic rings. The molecule has 1 unspecified atom stereocenters. The van der Waals surface area contributed by atoms with Gasteiger partial charge < -0.3 is 4.74 Å². The Balaban J connectivity index is 2.00. The molecule has 0 amide bonds. The van der Waals surface area contributed by atoms with Gasteiger partial charge in [-0.25, -0.2) is 0 Å². The maximum Gasteiger partial charge on any atom is 0.0974 e. The maximum absolute atomic E-state index is 5.87. The van der Waals surface area contributed by atoms with Crippen LogP contribution in [0.4, 0.5) is 0 Å². The molecule has 2 nitrogen and oxygen atoms in total. The van der Waals surface area contributed by atoms with Crippen LogP contribution in [0.3, 0.4) is 0 Å². The molecule has 3 aromatic carbocycles. The number of nitrogens with zero attached hydrogens (tertiary/aromatic N) is 1. The predicted octanol–water partition coefficient (Wildman–Crippen LogP) is 4.70. The summed E-state index contributed by atoms with van der Waals surface area (Å²) >= 11 is 0. The Labute approximate surface area is 156 Å². The lowest BCUT2D eigenvalue weighted by Crippen LogP contribution is -2.54. The van der Waals surface area contributed by atoms with Crippen molar-refractivity contribution in [2.24, 2.45) is 0 Å². The molecule has 0 radical (unpaired) electrons. The fourth-order valence-corrected chi connectivity index (χ4v) is 4.21. The third kappa shape index (κ3) is 2.96. The van der Waals surface area contributed by atoms with Gasteiger partial charge in [0, 0.05) is 13.1 Å². The van der Waals surface area contributed by atoms with Crippen molar-refractivity contribution in [2.75, 3.05) is 19.7 Å². The summed E-state index contributed by atoms with van der Waals surface area (Å²) in [7, 11) is 0. The van der Waals surface area contributed by atoms with E-state index in [0.29, 0.717) is 0 Å². The summed E-state index contributed by atoms with van der Waals surface area (Å²) < 4.78 is 5.87. The number of hydrogen-bond acceptors (Lipinski definition) is 2. The lowest BCUT2D eigenvalue weighted by Gasteiger charge is -2.48. The monoisotopic (exact) mass is 343 g/mol. The third-order valence-corrected chi connectivity index (χ3v) is 5.29. The Morgan fingerprint density at radius 3 is 1.54 bits per heavy atom. The Morgan fingerprint density at radius 1 is 0.731 bits per heavy atom. The number of morpholine rings is 1. The van der Waals surface area contributed by atoms with Gasteiger partial charge in [-0.15, -0.1) is 0 Å². The van der Waals surface area contributed by atoms with E-state index in [9.17, 15) is 0 Å². The number of ether oxygens (including phenoxy) is 1. The lowest BCUT2D eigenvalue weighted by atomic mass is 9.75.